The minimum Gasteiger partial charge on any atom is -0.349 e. The minimum atomic E-state index is 0.0263. The fourth-order valence-corrected chi connectivity index (χ4v) is 2.59. The van der Waals surface area contributed by atoms with Crippen molar-refractivity contribution in [3.63, 3.8) is 0 Å². The largest absolute Gasteiger partial charge is 0.349 e. The average Bonchev–Trinajstić information content (AvgIpc) is 2.87. The molecule has 1 aromatic heterocycles. The number of carbonyl (C=O) groups excluding carboxylic acids is 1. The van der Waals surface area contributed by atoms with Gasteiger partial charge in [0.1, 0.15) is 0 Å². The van der Waals surface area contributed by atoms with Crippen LogP contribution in [0.3, 0.4) is 0 Å². The van der Waals surface area contributed by atoms with E-state index in [0.717, 1.165) is 23.7 Å². The molecule has 0 unspecified atom stereocenters. The summed E-state index contributed by atoms with van der Waals surface area (Å²) in [6.07, 6.45) is 7.73. The lowest BCUT2D eigenvalue weighted by atomic mass is 9.95. The molecule has 94 valence electrons. The van der Waals surface area contributed by atoms with Crippen LogP contribution >= 0.6 is 0 Å². The second kappa shape index (κ2) is 4.80. The van der Waals surface area contributed by atoms with E-state index in [9.17, 15) is 4.79 Å². The minimum absolute atomic E-state index is 0.0263. The van der Waals surface area contributed by atoms with Crippen LogP contribution in [0.25, 0.3) is 10.9 Å². The Balaban J connectivity index is 1.74. The second-order valence-corrected chi connectivity index (χ2v) is 4.98. The van der Waals surface area contributed by atoms with Gasteiger partial charge in [0.2, 0.25) is 0 Å². The van der Waals surface area contributed by atoms with E-state index in [1.165, 1.54) is 19.3 Å². The fraction of sp³-hybridized carbons (Fsp3) is 0.429. The zero-order valence-electron chi connectivity index (χ0n) is 10.3. The molecule has 0 radical (unpaired) electrons. The van der Waals surface area contributed by atoms with E-state index >= 15 is 0 Å². The first kappa shape index (κ1) is 11.3. The van der Waals surface area contributed by atoms with Gasteiger partial charge in [0.25, 0.3) is 5.91 Å². The van der Waals surface area contributed by atoms with Gasteiger partial charge < -0.3 is 5.32 Å². The molecule has 0 saturated heterocycles. The number of hydrogen-bond donors (Lipinski definition) is 2. The third kappa shape index (κ3) is 2.23. The molecular formula is C14H17N3O. The van der Waals surface area contributed by atoms with Crippen LogP contribution in [0.5, 0.6) is 0 Å². The highest BCUT2D eigenvalue weighted by atomic mass is 16.1. The normalized spacial score (nSPS) is 16.9. The smallest absolute Gasteiger partial charge is 0.251 e. The summed E-state index contributed by atoms with van der Waals surface area (Å²) in [5.41, 5.74) is 1.61. The molecule has 2 aromatic rings. The maximum Gasteiger partial charge on any atom is 0.251 e. The average molecular weight is 243 g/mol. The Bertz CT molecular complexity index is 555. The molecule has 1 aliphatic carbocycles. The number of aromatic nitrogens is 2. The number of aromatic amines is 1. The van der Waals surface area contributed by atoms with Crippen LogP contribution in [0.4, 0.5) is 0 Å². The predicted molar refractivity (Wildman–Crippen MR) is 70.4 cm³/mol. The van der Waals surface area contributed by atoms with Gasteiger partial charge in [0, 0.05) is 17.0 Å². The molecule has 0 spiro atoms. The number of amides is 1. The first-order valence-corrected chi connectivity index (χ1v) is 6.57. The van der Waals surface area contributed by atoms with Gasteiger partial charge in [-0.25, -0.2) is 0 Å². The summed E-state index contributed by atoms with van der Waals surface area (Å²) < 4.78 is 0. The van der Waals surface area contributed by atoms with Gasteiger partial charge in [-0.1, -0.05) is 25.3 Å². The van der Waals surface area contributed by atoms with Crippen LogP contribution in [-0.2, 0) is 0 Å². The quantitative estimate of drug-likeness (QED) is 0.851. The lowest BCUT2D eigenvalue weighted by Gasteiger charge is -2.22. The Morgan fingerprint density at radius 1 is 1.28 bits per heavy atom. The van der Waals surface area contributed by atoms with Gasteiger partial charge >= 0.3 is 0 Å². The summed E-state index contributed by atoms with van der Waals surface area (Å²) in [5, 5.41) is 11.0. The van der Waals surface area contributed by atoms with Gasteiger partial charge in [-0.05, 0) is 25.0 Å². The molecule has 18 heavy (non-hydrogen) atoms. The molecule has 1 aliphatic rings. The molecule has 1 heterocycles. The second-order valence-electron chi connectivity index (χ2n) is 4.98. The summed E-state index contributed by atoms with van der Waals surface area (Å²) in [5.74, 6) is 0.0263. The van der Waals surface area contributed by atoms with Gasteiger partial charge in [0.15, 0.2) is 0 Å². The van der Waals surface area contributed by atoms with Crippen molar-refractivity contribution in [2.24, 2.45) is 0 Å². The van der Waals surface area contributed by atoms with E-state index in [0.29, 0.717) is 11.6 Å². The number of fused-ring (bicyclic) bond motifs is 1. The molecule has 1 amide bonds. The van der Waals surface area contributed by atoms with Gasteiger partial charge in [-0.2, -0.15) is 5.10 Å². The molecule has 1 saturated carbocycles. The van der Waals surface area contributed by atoms with Gasteiger partial charge in [-0.15, -0.1) is 0 Å². The SMILES string of the molecule is O=C(NC1CCCCC1)c1ccc2cn[nH]c2c1. The lowest BCUT2D eigenvalue weighted by Crippen LogP contribution is -2.36. The summed E-state index contributed by atoms with van der Waals surface area (Å²) in [4.78, 5) is 12.1. The van der Waals surface area contributed by atoms with Crippen molar-refractivity contribution in [2.75, 3.05) is 0 Å². The van der Waals surface area contributed by atoms with Crippen LogP contribution in [-0.4, -0.2) is 22.1 Å². The molecule has 0 bridgehead atoms. The van der Waals surface area contributed by atoms with E-state index < -0.39 is 0 Å². The Kier molecular flexibility index (Phi) is 3.00. The van der Waals surface area contributed by atoms with Crippen molar-refractivity contribution in [3.8, 4) is 0 Å². The Labute approximate surface area is 106 Å². The summed E-state index contributed by atoms with van der Waals surface area (Å²) >= 11 is 0. The van der Waals surface area contributed by atoms with E-state index in [-0.39, 0.29) is 5.91 Å². The number of nitrogens with zero attached hydrogens (tertiary/aromatic N) is 1. The Hall–Kier alpha value is -1.84. The van der Waals surface area contributed by atoms with Crippen molar-refractivity contribution in [1.29, 1.82) is 0 Å². The third-order valence-corrected chi connectivity index (χ3v) is 3.64. The van der Waals surface area contributed by atoms with Crippen LogP contribution in [0.15, 0.2) is 24.4 Å². The highest BCUT2D eigenvalue weighted by Crippen LogP contribution is 2.18. The van der Waals surface area contributed by atoms with E-state index in [4.69, 9.17) is 0 Å². The summed E-state index contributed by atoms with van der Waals surface area (Å²) in [7, 11) is 0. The van der Waals surface area contributed by atoms with E-state index in [1.54, 1.807) is 6.20 Å². The standard InChI is InChI=1S/C14H17N3O/c18-14(16-12-4-2-1-3-5-12)10-6-7-11-9-15-17-13(11)8-10/h6-9,12H,1-5H2,(H,15,17)(H,16,18). The van der Waals surface area contributed by atoms with Crippen LogP contribution in [0.2, 0.25) is 0 Å². The topological polar surface area (TPSA) is 57.8 Å². The van der Waals surface area contributed by atoms with E-state index in [2.05, 4.69) is 15.5 Å². The maximum atomic E-state index is 12.1. The van der Waals surface area contributed by atoms with Crippen molar-refractivity contribution >= 4 is 16.8 Å². The molecule has 1 aromatic carbocycles. The third-order valence-electron chi connectivity index (χ3n) is 3.64. The number of carbonyl (C=O) groups is 1. The van der Waals surface area contributed by atoms with Crippen molar-refractivity contribution in [3.05, 3.63) is 30.0 Å². The monoisotopic (exact) mass is 243 g/mol. The van der Waals surface area contributed by atoms with Gasteiger partial charge in [-0.3, -0.25) is 9.89 Å². The van der Waals surface area contributed by atoms with Gasteiger partial charge in [0.05, 0.1) is 11.7 Å². The predicted octanol–water partition coefficient (Wildman–Crippen LogP) is 2.63. The Morgan fingerprint density at radius 3 is 2.94 bits per heavy atom. The number of hydrogen-bond acceptors (Lipinski definition) is 2. The molecule has 3 rings (SSSR count). The highest BCUT2D eigenvalue weighted by molar-refractivity contribution is 5.97. The highest BCUT2D eigenvalue weighted by Gasteiger charge is 2.16. The Morgan fingerprint density at radius 2 is 2.11 bits per heavy atom. The number of nitrogens with one attached hydrogen (secondary N) is 2. The molecule has 0 aliphatic heterocycles. The first-order valence-electron chi connectivity index (χ1n) is 6.57. The molecule has 4 heteroatoms. The lowest BCUT2D eigenvalue weighted by molar-refractivity contribution is 0.0928. The zero-order chi connectivity index (χ0) is 12.4. The zero-order valence-corrected chi connectivity index (χ0v) is 10.3. The molecular weight excluding hydrogens is 226 g/mol. The fourth-order valence-electron chi connectivity index (χ4n) is 2.59. The molecule has 4 nitrogen and oxygen atoms in total. The number of rotatable bonds is 2. The van der Waals surface area contributed by atoms with Crippen molar-refractivity contribution in [2.45, 2.75) is 38.1 Å². The molecule has 0 atom stereocenters. The van der Waals surface area contributed by atoms with Crippen molar-refractivity contribution in [1.82, 2.24) is 15.5 Å². The summed E-state index contributed by atoms with van der Waals surface area (Å²) in [6.45, 7) is 0. The number of benzene rings is 1. The van der Waals surface area contributed by atoms with Crippen LogP contribution in [0.1, 0.15) is 42.5 Å². The number of H-pyrrole nitrogens is 1. The maximum absolute atomic E-state index is 12.1. The van der Waals surface area contributed by atoms with Crippen molar-refractivity contribution < 1.29 is 4.79 Å². The summed E-state index contributed by atoms with van der Waals surface area (Å²) in [6, 6.07) is 5.99. The van der Waals surface area contributed by atoms with Crippen LogP contribution < -0.4 is 5.32 Å². The molecule has 2 N–H and O–H groups in total. The first-order chi connectivity index (χ1) is 8.83. The van der Waals surface area contributed by atoms with Crippen LogP contribution in [0, 0.1) is 0 Å². The molecule has 1 fully saturated rings. The van der Waals surface area contributed by atoms with E-state index in [1.807, 2.05) is 18.2 Å².